The van der Waals surface area contributed by atoms with Crippen molar-refractivity contribution in [1.82, 2.24) is 10.2 Å². The first-order valence-electron chi connectivity index (χ1n) is 18.6. The topological polar surface area (TPSA) is 49.4 Å². The van der Waals surface area contributed by atoms with Crippen LogP contribution >= 0.6 is 0 Å². The van der Waals surface area contributed by atoms with Crippen LogP contribution in [0.15, 0.2) is 23.3 Å². The number of hydrogen-bond acceptors (Lipinski definition) is 4. The van der Waals surface area contributed by atoms with Crippen LogP contribution in [0.25, 0.3) is 0 Å². The zero-order chi connectivity index (χ0) is 31.0. The van der Waals surface area contributed by atoms with E-state index in [1.54, 1.807) is 11.1 Å². The highest BCUT2D eigenvalue weighted by molar-refractivity contribution is 7.91. The van der Waals surface area contributed by atoms with Crippen LogP contribution in [0.5, 0.6) is 0 Å². The molecule has 0 spiro atoms. The molecular formula is C38H61FN2O2S. The molecule has 6 heteroatoms. The number of allylic oxidation sites excluding steroid dienone is 4. The van der Waals surface area contributed by atoms with Gasteiger partial charge in [-0.05, 0) is 140 Å². The summed E-state index contributed by atoms with van der Waals surface area (Å²) >= 11 is 0. The van der Waals surface area contributed by atoms with Gasteiger partial charge in [0, 0.05) is 31.7 Å². The van der Waals surface area contributed by atoms with Crippen molar-refractivity contribution in [3.8, 4) is 0 Å². The van der Waals surface area contributed by atoms with Crippen molar-refractivity contribution in [2.45, 2.75) is 117 Å². The van der Waals surface area contributed by atoms with Gasteiger partial charge in [0.15, 0.2) is 9.84 Å². The third kappa shape index (κ3) is 4.95. The summed E-state index contributed by atoms with van der Waals surface area (Å²) in [6.45, 7) is 13.9. The Bertz CT molecular complexity index is 1270. The van der Waals surface area contributed by atoms with E-state index in [0.717, 1.165) is 56.0 Å². The maximum absolute atomic E-state index is 13.3. The maximum atomic E-state index is 13.3. The largest absolute Gasteiger partial charge is 0.310 e. The Morgan fingerprint density at radius 3 is 2.43 bits per heavy atom. The number of alkyl halides is 1. The van der Waals surface area contributed by atoms with Crippen LogP contribution in [-0.2, 0) is 9.84 Å². The summed E-state index contributed by atoms with van der Waals surface area (Å²) in [6.07, 6.45) is 21.6. The summed E-state index contributed by atoms with van der Waals surface area (Å²) in [5.41, 5.74) is 4.66. The molecule has 10 atom stereocenters. The number of sulfone groups is 1. The number of hydrogen-bond donors (Lipinski definition) is 1. The van der Waals surface area contributed by atoms with E-state index < -0.39 is 9.84 Å². The van der Waals surface area contributed by atoms with Crippen molar-refractivity contribution in [1.29, 1.82) is 0 Å². The summed E-state index contributed by atoms with van der Waals surface area (Å²) in [5.74, 6) is 4.69. The van der Waals surface area contributed by atoms with Crippen molar-refractivity contribution >= 4 is 9.84 Å². The summed E-state index contributed by atoms with van der Waals surface area (Å²) in [5, 5.41) is 4.18. The van der Waals surface area contributed by atoms with Gasteiger partial charge in [0.2, 0.25) is 0 Å². The lowest BCUT2D eigenvalue weighted by Gasteiger charge is -2.71. The Labute approximate surface area is 268 Å². The van der Waals surface area contributed by atoms with E-state index in [4.69, 9.17) is 0 Å². The molecule has 8 unspecified atom stereocenters. The molecule has 0 aromatic rings. The molecule has 7 aliphatic rings. The number of nitrogens with zero attached hydrogens (tertiary/aromatic N) is 1. The highest BCUT2D eigenvalue weighted by Gasteiger charge is 2.68. The molecule has 0 bridgehead atoms. The molecule has 0 radical (unpaired) electrons. The highest BCUT2D eigenvalue weighted by Crippen LogP contribution is 2.75. The van der Waals surface area contributed by atoms with Gasteiger partial charge in [0.05, 0.1) is 18.2 Å². The lowest BCUT2D eigenvalue weighted by molar-refractivity contribution is -0.212. The van der Waals surface area contributed by atoms with Gasteiger partial charge < -0.3 is 10.2 Å². The molecular weight excluding hydrogens is 567 g/mol. The van der Waals surface area contributed by atoms with E-state index in [1.807, 2.05) is 0 Å². The van der Waals surface area contributed by atoms with E-state index in [2.05, 4.69) is 50.1 Å². The Hall–Kier alpha value is -0.720. The monoisotopic (exact) mass is 628 g/mol. The SMILES string of the molecule is CC1C(C2=CCC(CF)CC2)=CCC2(C)C1CCC1(C)C2CCC2[C@H]3CCCC3(NCCN3CCS(=O)(=O)CC3)CC[C@]21C. The first-order valence-corrected chi connectivity index (χ1v) is 20.4. The van der Waals surface area contributed by atoms with E-state index in [-0.39, 0.29) is 12.6 Å². The molecule has 1 heterocycles. The molecule has 6 aliphatic carbocycles. The number of nitrogens with one attached hydrogen (secondary N) is 1. The second-order valence-electron chi connectivity index (χ2n) is 17.5. The Balaban J connectivity index is 1.07. The van der Waals surface area contributed by atoms with Crippen LogP contribution in [-0.4, -0.2) is 63.2 Å². The average Bonchev–Trinajstić information content (AvgIpc) is 3.43. The summed E-state index contributed by atoms with van der Waals surface area (Å²) < 4.78 is 37.1. The highest BCUT2D eigenvalue weighted by atomic mass is 32.2. The second kappa shape index (κ2) is 11.5. The lowest BCUT2D eigenvalue weighted by atomic mass is 9.34. The van der Waals surface area contributed by atoms with Crippen molar-refractivity contribution in [2.75, 3.05) is 44.4 Å². The van der Waals surface area contributed by atoms with Gasteiger partial charge >= 0.3 is 0 Å². The zero-order valence-corrected chi connectivity index (χ0v) is 29.1. The van der Waals surface area contributed by atoms with Crippen LogP contribution in [0.3, 0.4) is 0 Å². The van der Waals surface area contributed by atoms with Gasteiger partial charge in [-0.15, -0.1) is 0 Å². The maximum Gasteiger partial charge on any atom is 0.152 e. The van der Waals surface area contributed by atoms with E-state index in [0.29, 0.717) is 52.3 Å². The number of rotatable bonds is 6. The van der Waals surface area contributed by atoms with Crippen molar-refractivity contribution in [2.24, 2.45) is 51.8 Å². The second-order valence-corrected chi connectivity index (χ2v) is 19.8. The third-order valence-corrected chi connectivity index (χ3v) is 17.6. The minimum Gasteiger partial charge on any atom is -0.310 e. The van der Waals surface area contributed by atoms with Gasteiger partial charge in [0.1, 0.15) is 0 Å². The van der Waals surface area contributed by atoms with Gasteiger partial charge in [0.25, 0.3) is 0 Å². The van der Waals surface area contributed by atoms with Crippen LogP contribution in [0.1, 0.15) is 111 Å². The van der Waals surface area contributed by atoms with Crippen LogP contribution in [0.4, 0.5) is 4.39 Å². The van der Waals surface area contributed by atoms with Gasteiger partial charge in [-0.25, -0.2) is 8.42 Å². The minimum atomic E-state index is -2.82. The van der Waals surface area contributed by atoms with E-state index in [1.165, 1.54) is 64.2 Å². The van der Waals surface area contributed by atoms with Gasteiger partial charge in [-0.1, -0.05) is 46.3 Å². The first-order chi connectivity index (χ1) is 20.9. The Morgan fingerprint density at radius 1 is 0.909 bits per heavy atom. The summed E-state index contributed by atoms with van der Waals surface area (Å²) in [4.78, 5) is 2.36. The summed E-state index contributed by atoms with van der Waals surface area (Å²) in [6, 6.07) is 0. The fourth-order valence-corrected chi connectivity index (χ4v) is 14.5. The molecule has 1 saturated heterocycles. The standard InChI is InChI=1S/C38H61FN2O2S/c1-27-30(29-9-7-28(26-39)8-10-29)13-16-35(2)31(27)14-17-37(4)34(35)12-11-32-33-6-5-15-38(33,19-18-36(32,37)3)40-20-21-41-22-24-44(42,43)25-23-41/h9,13,27-28,31-34,40H,5-8,10-12,14-26H2,1-4H3/t27?,28?,31?,32?,33-,34?,35?,36-,37?,38?/m1/s1. The molecule has 4 saturated carbocycles. The molecule has 0 aromatic carbocycles. The fourth-order valence-electron chi connectivity index (χ4n) is 13.3. The summed E-state index contributed by atoms with van der Waals surface area (Å²) in [7, 11) is -2.82. The Kier molecular flexibility index (Phi) is 8.30. The van der Waals surface area contributed by atoms with Gasteiger partial charge in [-0.2, -0.15) is 0 Å². The van der Waals surface area contributed by atoms with Crippen LogP contribution in [0, 0.1) is 51.8 Å². The molecule has 5 fully saturated rings. The molecule has 0 aromatic heterocycles. The smallest absolute Gasteiger partial charge is 0.152 e. The van der Waals surface area contributed by atoms with E-state index >= 15 is 0 Å². The predicted octanol–water partition coefficient (Wildman–Crippen LogP) is 7.76. The molecule has 1 N–H and O–H groups in total. The van der Waals surface area contributed by atoms with Crippen LogP contribution < -0.4 is 5.32 Å². The average molecular weight is 629 g/mol. The lowest BCUT2D eigenvalue weighted by Crippen LogP contribution is -2.67. The van der Waals surface area contributed by atoms with Crippen molar-refractivity contribution < 1.29 is 12.8 Å². The predicted molar refractivity (Wildman–Crippen MR) is 179 cm³/mol. The zero-order valence-electron chi connectivity index (χ0n) is 28.3. The molecule has 7 rings (SSSR count). The normalized spacial score (nSPS) is 48.8. The molecule has 44 heavy (non-hydrogen) atoms. The van der Waals surface area contributed by atoms with Crippen molar-refractivity contribution in [3.05, 3.63) is 23.3 Å². The molecule has 0 amide bonds. The molecule has 1 aliphatic heterocycles. The van der Waals surface area contributed by atoms with Crippen molar-refractivity contribution in [3.63, 3.8) is 0 Å². The molecule has 4 nitrogen and oxygen atoms in total. The quantitative estimate of drug-likeness (QED) is 0.327. The molecule has 248 valence electrons. The Morgan fingerprint density at radius 2 is 1.70 bits per heavy atom. The van der Waals surface area contributed by atoms with E-state index in [9.17, 15) is 12.8 Å². The first kappa shape index (κ1) is 31.9. The minimum absolute atomic E-state index is 0.163. The third-order valence-electron chi connectivity index (χ3n) is 16.0. The van der Waals surface area contributed by atoms with Crippen LogP contribution in [0.2, 0.25) is 0 Å². The number of halogens is 1. The van der Waals surface area contributed by atoms with Gasteiger partial charge in [-0.3, -0.25) is 4.39 Å². The number of fused-ring (bicyclic) bond motifs is 7. The fraction of sp³-hybridized carbons (Fsp3) is 0.895.